The van der Waals surface area contributed by atoms with Gasteiger partial charge in [0.2, 0.25) is 0 Å². The van der Waals surface area contributed by atoms with Gasteiger partial charge in [-0.25, -0.2) is 4.79 Å². The third-order valence-electron chi connectivity index (χ3n) is 4.53. The Morgan fingerprint density at radius 3 is 2.95 bits per heavy atom. The molecule has 4 heteroatoms. The number of urea groups is 1. The first-order valence-corrected chi connectivity index (χ1v) is 7.42. The van der Waals surface area contributed by atoms with Crippen LogP contribution in [-0.4, -0.2) is 12.6 Å². The number of rotatable bonds is 3. The molecule has 106 valence electrons. The van der Waals surface area contributed by atoms with Crippen molar-refractivity contribution in [2.24, 2.45) is 17.3 Å². The maximum absolute atomic E-state index is 11.9. The third kappa shape index (κ3) is 2.68. The maximum Gasteiger partial charge on any atom is 0.319 e. The first-order chi connectivity index (χ1) is 9.55. The largest absolute Gasteiger partial charge is 0.337 e. The van der Waals surface area contributed by atoms with Gasteiger partial charge in [0.15, 0.2) is 0 Å². The zero-order valence-corrected chi connectivity index (χ0v) is 12.3. The first-order valence-electron chi connectivity index (χ1n) is 7.04. The van der Waals surface area contributed by atoms with Crippen molar-refractivity contribution in [1.82, 2.24) is 5.32 Å². The number of carbonyl (C=O) groups is 1. The van der Waals surface area contributed by atoms with E-state index in [2.05, 4.69) is 29.7 Å². The van der Waals surface area contributed by atoms with E-state index in [9.17, 15) is 4.79 Å². The summed E-state index contributed by atoms with van der Waals surface area (Å²) >= 11 is 5.89. The van der Waals surface area contributed by atoms with Gasteiger partial charge in [0.05, 0.1) is 0 Å². The summed E-state index contributed by atoms with van der Waals surface area (Å²) in [5.74, 6) is 1.32. The Labute approximate surface area is 124 Å². The number of benzene rings is 1. The van der Waals surface area contributed by atoms with Crippen molar-refractivity contribution < 1.29 is 4.79 Å². The van der Waals surface area contributed by atoms with E-state index in [1.807, 2.05) is 12.1 Å². The maximum atomic E-state index is 11.9. The van der Waals surface area contributed by atoms with Gasteiger partial charge in [-0.15, -0.1) is 0 Å². The van der Waals surface area contributed by atoms with Crippen LogP contribution in [0.2, 0.25) is 5.02 Å². The minimum absolute atomic E-state index is 0.166. The van der Waals surface area contributed by atoms with E-state index in [4.69, 9.17) is 11.6 Å². The van der Waals surface area contributed by atoms with Crippen LogP contribution in [0.5, 0.6) is 0 Å². The van der Waals surface area contributed by atoms with Crippen LogP contribution in [0, 0.1) is 17.3 Å². The fourth-order valence-corrected chi connectivity index (χ4v) is 3.61. The lowest BCUT2D eigenvalue weighted by molar-refractivity contribution is 0.228. The van der Waals surface area contributed by atoms with E-state index in [0.717, 1.165) is 0 Å². The molecule has 20 heavy (non-hydrogen) atoms. The molecule has 2 N–H and O–H groups in total. The highest BCUT2D eigenvalue weighted by molar-refractivity contribution is 6.30. The highest BCUT2D eigenvalue weighted by Gasteiger charge is 2.44. The van der Waals surface area contributed by atoms with E-state index < -0.39 is 0 Å². The Kier molecular flexibility index (Phi) is 3.47. The molecular weight excluding hydrogens is 272 g/mol. The van der Waals surface area contributed by atoms with Gasteiger partial charge in [0.1, 0.15) is 0 Å². The van der Waals surface area contributed by atoms with Gasteiger partial charge in [-0.1, -0.05) is 36.7 Å². The molecule has 1 fully saturated rings. The zero-order valence-electron chi connectivity index (χ0n) is 11.5. The molecule has 2 amide bonds. The van der Waals surface area contributed by atoms with Gasteiger partial charge in [-0.2, -0.15) is 0 Å². The van der Waals surface area contributed by atoms with Gasteiger partial charge >= 0.3 is 6.03 Å². The van der Waals surface area contributed by atoms with Crippen LogP contribution in [0.15, 0.2) is 36.4 Å². The number of fused-ring (bicyclic) bond motifs is 2. The van der Waals surface area contributed by atoms with E-state index >= 15 is 0 Å². The van der Waals surface area contributed by atoms with Crippen LogP contribution in [0.25, 0.3) is 0 Å². The molecular formula is C16H19ClN2O. The molecule has 0 aromatic heterocycles. The van der Waals surface area contributed by atoms with Crippen LogP contribution in [0.4, 0.5) is 10.5 Å². The monoisotopic (exact) mass is 290 g/mol. The first kappa shape index (κ1) is 13.5. The third-order valence-corrected chi connectivity index (χ3v) is 4.77. The van der Waals surface area contributed by atoms with Crippen molar-refractivity contribution in [3.63, 3.8) is 0 Å². The molecule has 0 heterocycles. The molecule has 3 rings (SSSR count). The lowest BCUT2D eigenvalue weighted by atomic mass is 9.77. The van der Waals surface area contributed by atoms with Crippen molar-refractivity contribution >= 4 is 23.3 Å². The predicted molar refractivity (Wildman–Crippen MR) is 81.9 cm³/mol. The second-order valence-corrected chi connectivity index (χ2v) is 6.60. The average molecular weight is 291 g/mol. The van der Waals surface area contributed by atoms with Crippen LogP contribution < -0.4 is 10.6 Å². The molecule has 3 nitrogen and oxygen atoms in total. The fraction of sp³-hybridized carbons (Fsp3) is 0.438. The Bertz CT molecular complexity index is 557. The summed E-state index contributed by atoms with van der Waals surface area (Å²) in [6.45, 7) is 2.98. The number of anilines is 1. The molecule has 0 saturated heterocycles. The zero-order chi connectivity index (χ0) is 14.2. The SMILES string of the molecule is CC1(CNC(=O)Nc2cccc(Cl)c2)CC2C=CC1C2. The second-order valence-electron chi connectivity index (χ2n) is 6.16. The summed E-state index contributed by atoms with van der Waals surface area (Å²) in [6.07, 6.45) is 7.04. The van der Waals surface area contributed by atoms with E-state index in [1.54, 1.807) is 12.1 Å². The van der Waals surface area contributed by atoms with Gasteiger partial charge in [0.25, 0.3) is 0 Å². The fourth-order valence-electron chi connectivity index (χ4n) is 3.42. The smallest absolute Gasteiger partial charge is 0.319 e. The van der Waals surface area contributed by atoms with E-state index in [-0.39, 0.29) is 11.4 Å². The molecule has 1 aromatic rings. The molecule has 3 atom stereocenters. The van der Waals surface area contributed by atoms with Crippen molar-refractivity contribution in [3.8, 4) is 0 Å². The van der Waals surface area contributed by atoms with Crippen molar-refractivity contribution in [2.75, 3.05) is 11.9 Å². The minimum Gasteiger partial charge on any atom is -0.337 e. The van der Waals surface area contributed by atoms with Crippen molar-refractivity contribution in [3.05, 3.63) is 41.4 Å². The normalized spacial score (nSPS) is 30.5. The summed E-state index contributed by atoms with van der Waals surface area (Å²) in [5.41, 5.74) is 0.915. The van der Waals surface area contributed by atoms with Crippen LogP contribution in [0.1, 0.15) is 19.8 Å². The molecule has 0 spiro atoms. The number of allylic oxidation sites excluding steroid dienone is 2. The Balaban J connectivity index is 1.54. The van der Waals surface area contributed by atoms with Crippen molar-refractivity contribution in [1.29, 1.82) is 0 Å². The highest BCUT2D eigenvalue weighted by atomic mass is 35.5. The van der Waals surface area contributed by atoms with Crippen LogP contribution in [0.3, 0.4) is 0 Å². The number of halogens is 1. The lowest BCUT2D eigenvalue weighted by Crippen LogP contribution is -2.40. The lowest BCUT2D eigenvalue weighted by Gasteiger charge is -2.31. The van der Waals surface area contributed by atoms with Gasteiger partial charge in [-0.3, -0.25) is 0 Å². The predicted octanol–water partition coefficient (Wildman–Crippen LogP) is 4.06. The van der Waals surface area contributed by atoms with Crippen molar-refractivity contribution in [2.45, 2.75) is 19.8 Å². The summed E-state index contributed by atoms with van der Waals surface area (Å²) in [4.78, 5) is 11.9. The standard InChI is InChI=1S/C16H19ClN2O/c1-16(9-11-5-6-12(16)7-11)10-18-15(20)19-14-4-2-3-13(17)8-14/h2-6,8,11-12H,7,9-10H2,1H3,(H2,18,19,20). The number of amides is 2. The van der Waals surface area contributed by atoms with Crippen LogP contribution in [-0.2, 0) is 0 Å². The van der Waals surface area contributed by atoms with Gasteiger partial charge in [0, 0.05) is 17.3 Å². The van der Waals surface area contributed by atoms with Gasteiger partial charge < -0.3 is 10.6 Å². The molecule has 0 aliphatic heterocycles. The summed E-state index contributed by atoms with van der Waals surface area (Å²) in [5, 5.41) is 6.42. The van der Waals surface area contributed by atoms with Gasteiger partial charge in [-0.05, 0) is 48.3 Å². The molecule has 2 aliphatic carbocycles. The molecule has 1 saturated carbocycles. The number of carbonyl (C=O) groups excluding carboxylic acids is 1. The highest BCUT2D eigenvalue weighted by Crippen LogP contribution is 2.51. The Hall–Kier alpha value is -1.48. The molecule has 0 radical (unpaired) electrons. The molecule has 2 bridgehead atoms. The molecule has 3 unspecified atom stereocenters. The molecule has 2 aliphatic rings. The second kappa shape index (κ2) is 5.13. The topological polar surface area (TPSA) is 41.1 Å². The van der Waals surface area contributed by atoms with Crippen LogP contribution >= 0.6 is 11.6 Å². The summed E-state index contributed by atoms with van der Waals surface area (Å²) in [7, 11) is 0. The minimum atomic E-state index is -0.166. The quantitative estimate of drug-likeness (QED) is 0.810. The average Bonchev–Trinajstić information content (AvgIpc) is 2.97. The summed E-state index contributed by atoms with van der Waals surface area (Å²) < 4.78 is 0. The summed E-state index contributed by atoms with van der Waals surface area (Å²) in [6, 6.07) is 7.00. The van der Waals surface area contributed by atoms with E-state index in [1.165, 1.54) is 12.8 Å². The Morgan fingerprint density at radius 2 is 2.30 bits per heavy atom. The van der Waals surface area contributed by atoms with E-state index in [0.29, 0.717) is 29.1 Å². The number of nitrogens with one attached hydrogen (secondary N) is 2. The number of hydrogen-bond donors (Lipinski definition) is 2. The number of hydrogen-bond acceptors (Lipinski definition) is 1. The Morgan fingerprint density at radius 1 is 1.45 bits per heavy atom. The molecule has 1 aromatic carbocycles.